The van der Waals surface area contributed by atoms with Gasteiger partial charge in [-0.25, -0.2) is 4.39 Å². The van der Waals surface area contributed by atoms with Gasteiger partial charge in [0.25, 0.3) is 0 Å². The minimum absolute atomic E-state index is 0.117. The van der Waals surface area contributed by atoms with E-state index < -0.39 is 5.82 Å². The average Bonchev–Trinajstić information content (AvgIpc) is 2.72. The first-order valence-electron chi connectivity index (χ1n) is 5.66. The van der Waals surface area contributed by atoms with Crippen LogP contribution in [0.15, 0.2) is 23.6 Å². The summed E-state index contributed by atoms with van der Waals surface area (Å²) in [7, 11) is 0. The zero-order chi connectivity index (χ0) is 14.0. The molecule has 0 saturated heterocycles. The molecule has 0 spiro atoms. The molecule has 102 valence electrons. The number of nitrogens with two attached hydrogens (primary N) is 1. The second-order valence-corrected chi connectivity index (χ2v) is 5.97. The van der Waals surface area contributed by atoms with Gasteiger partial charge in [0.15, 0.2) is 0 Å². The molecule has 2 rings (SSSR count). The fourth-order valence-corrected chi connectivity index (χ4v) is 3.32. The molecule has 1 heterocycles. The lowest BCUT2D eigenvalue weighted by atomic mass is 10.0. The molecule has 1 aromatic carbocycles. The molecule has 1 aromatic heterocycles. The summed E-state index contributed by atoms with van der Waals surface area (Å²) in [6, 6.07) is 4.60. The molecule has 0 aliphatic carbocycles. The van der Waals surface area contributed by atoms with Crippen molar-refractivity contribution >= 4 is 34.5 Å². The van der Waals surface area contributed by atoms with E-state index in [0.717, 1.165) is 16.0 Å². The van der Waals surface area contributed by atoms with E-state index in [2.05, 4.69) is 5.43 Å². The maximum atomic E-state index is 13.4. The molecular formula is C13H13Cl2FN2S. The quantitative estimate of drug-likeness (QED) is 0.653. The van der Waals surface area contributed by atoms with Crippen LogP contribution in [0.25, 0.3) is 0 Å². The van der Waals surface area contributed by atoms with Crippen LogP contribution in [-0.2, 0) is 6.42 Å². The number of aryl methyl sites for hydroxylation is 1. The summed E-state index contributed by atoms with van der Waals surface area (Å²) < 4.78 is 13.4. The Labute approximate surface area is 125 Å². The minimum atomic E-state index is -0.427. The average molecular weight is 319 g/mol. The zero-order valence-electron chi connectivity index (χ0n) is 10.2. The van der Waals surface area contributed by atoms with E-state index in [1.165, 1.54) is 6.07 Å². The number of rotatable bonds is 4. The van der Waals surface area contributed by atoms with Gasteiger partial charge in [0.2, 0.25) is 0 Å². The van der Waals surface area contributed by atoms with Crippen molar-refractivity contribution in [1.29, 1.82) is 0 Å². The second kappa shape index (κ2) is 6.20. The monoisotopic (exact) mass is 318 g/mol. The summed E-state index contributed by atoms with van der Waals surface area (Å²) in [5.74, 6) is 5.15. The lowest BCUT2D eigenvalue weighted by Gasteiger charge is -2.15. The molecule has 0 aliphatic heterocycles. The molecule has 2 nitrogen and oxygen atoms in total. The standard InChI is InChI=1S/C13H13Cl2FN2S/c1-7-6-19-13(12(7)15)11(18-17)5-8-2-3-9(14)10(16)4-8/h2-4,6,11,18H,5,17H2,1H3. The van der Waals surface area contributed by atoms with Crippen LogP contribution in [0.2, 0.25) is 10.0 Å². The predicted molar refractivity (Wildman–Crippen MR) is 79.2 cm³/mol. The van der Waals surface area contributed by atoms with Crippen molar-refractivity contribution in [3.05, 3.63) is 55.4 Å². The van der Waals surface area contributed by atoms with E-state index >= 15 is 0 Å². The van der Waals surface area contributed by atoms with Gasteiger partial charge in [-0.05, 0) is 42.0 Å². The molecule has 19 heavy (non-hydrogen) atoms. The van der Waals surface area contributed by atoms with E-state index in [4.69, 9.17) is 29.0 Å². The Balaban J connectivity index is 2.24. The summed E-state index contributed by atoms with van der Waals surface area (Å²) in [6.07, 6.45) is 0.546. The molecule has 6 heteroatoms. The normalized spacial score (nSPS) is 12.7. The third kappa shape index (κ3) is 3.27. The first-order chi connectivity index (χ1) is 9.02. The molecule has 0 fully saturated rings. The van der Waals surface area contributed by atoms with E-state index in [-0.39, 0.29) is 11.1 Å². The Morgan fingerprint density at radius 1 is 1.42 bits per heavy atom. The molecular weight excluding hydrogens is 306 g/mol. The van der Waals surface area contributed by atoms with Crippen molar-refractivity contribution in [2.24, 2.45) is 5.84 Å². The highest BCUT2D eigenvalue weighted by Crippen LogP contribution is 2.34. The van der Waals surface area contributed by atoms with Gasteiger partial charge in [0.05, 0.1) is 16.1 Å². The van der Waals surface area contributed by atoms with Crippen LogP contribution in [0.1, 0.15) is 22.0 Å². The number of thiophene rings is 1. The minimum Gasteiger partial charge on any atom is -0.271 e. The number of hydrazine groups is 1. The lowest BCUT2D eigenvalue weighted by Crippen LogP contribution is -2.29. The number of hydrogen-bond donors (Lipinski definition) is 2. The second-order valence-electron chi connectivity index (χ2n) is 4.27. The van der Waals surface area contributed by atoms with Gasteiger partial charge < -0.3 is 0 Å². The number of hydrogen-bond acceptors (Lipinski definition) is 3. The Morgan fingerprint density at radius 2 is 2.16 bits per heavy atom. The maximum Gasteiger partial charge on any atom is 0.142 e. The van der Waals surface area contributed by atoms with Crippen LogP contribution in [0.4, 0.5) is 4.39 Å². The van der Waals surface area contributed by atoms with Gasteiger partial charge in [0, 0.05) is 4.88 Å². The third-order valence-electron chi connectivity index (χ3n) is 2.87. The van der Waals surface area contributed by atoms with Crippen LogP contribution in [0.3, 0.4) is 0 Å². The van der Waals surface area contributed by atoms with Crippen LogP contribution in [0.5, 0.6) is 0 Å². The third-order valence-corrected chi connectivity index (χ3v) is 5.00. The van der Waals surface area contributed by atoms with Gasteiger partial charge in [-0.15, -0.1) is 11.3 Å². The summed E-state index contributed by atoms with van der Waals surface area (Å²) >= 11 is 13.4. The van der Waals surface area contributed by atoms with Gasteiger partial charge in [-0.2, -0.15) is 0 Å². The lowest BCUT2D eigenvalue weighted by molar-refractivity contribution is 0.557. The van der Waals surface area contributed by atoms with Gasteiger partial charge >= 0.3 is 0 Å². The van der Waals surface area contributed by atoms with E-state index in [1.54, 1.807) is 23.5 Å². The molecule has 0 bridgehead atoms. The van der Waals surface area contributed by atoms with Crippen molar-refractivity contribution in [2.75, 3.05) is 0 Å². The van der Waals surface area contributed by atoms with Crippen LogP contribution in [-0.4, -0.2) is 0 Å². The van der Waals surface area contributed by atoms with E-state index in [1.807, 2.05) is 12.3 Å². The number of benzene rings is 1. The summed E-state index contributed by atoms with van der Waals surface area (Å²) in [5.41, 5.74) is 4.56. The topological polar surface area (TPSA) is 38.0 Å². The SMILES string of the molecule is Cc1csc(C(Cc2ccc(Cl)c(F)c2)NN)c1Cl. The first kappa shape index (κ1) is 14.8. The summed E-state index contributed by atoms with van der Waals surface area (Å²) in [4.78, 5) is 0.956. The maximum absolute atomic E-state index is 13.4. The Bertz CT molecular complexity index is 586. The Morgan fingerprint density at radius 3 is 2.68 bits per heavy atom. The molecule has 0 radical (unpaired) electrons. The van der Waals surface area contributed by atoms with Crippen LogP contribution in [0, 0.1) is 12.7 Å². The largest absolute Gasteiger partial charge is 0.271 e. The highest BCUT2D eigenvalue weighted by atomic mass is 35.5. The van der Waals surface area contributed by atoms with Crippen LogP contribution < -0.4 is 11.3 Å². The predicted octanol–water partition coefficient (Wildman–Crippen LogP) is 4.25. The molecule has 2 aromatic rings. The summed E-state index contributed by atoms with van der Waals surface area (Å²) in [5, 5.41) is 2.80. The van der Waals surface area contributed by atoms with Crippen molar-refractivity contribution in [3.63, 3.8) is 0 Å². The fourth-order valence-electron chi connectivity index (χ4n) is 1.81. The van der Waals surface area contributed by atoms with Gasteiger partial charge in [0.1, 0.15) is 5.82 Å². The van der Waals surface area contributed by atoms with E-state index in [0.29, 0.717) is 11.4 Å². The number of nitrogens with one attached hydrogen (secondary N) is 1. The van der Waals surface area contributed by atoms with E-state index in [9.17, 15) is 4.39 Å². The Hall–Kier alpha value is -0.650. The van der Waals surface area contributed by atoms with Crippen LogP contribution >= 0.6 is 34.5 Å². The highest BCUT2D eigenvalue weighted by Gasteiger charge is 2.18. The molecule has 0 saturated carbocycles. The first-order valence-corrected chi connectivity index (χ1v) is 7.30. The molecule has 0 aliphatic rings. The van der Waals surface area contributed by atoms with Gasteiger partial charge in [-0.1, -0.05) is 29.3 Å². The van der Waals surface area contributed by atoms with Crippen molar-refractivity contribution < 1.29 is 4.39 Å². The Kier molecular flexibility index (Phi) is 4.81. The van der Waals surface area contributed by atoms with Gasteiger partial charge in [-0.3, -0.25) is 11.3 Å². The summed E-state index contributed by atoms with van der Waals surface area (Å²) in [6.45, 7) is 1.94. The molecule has 1 unspecified atom stereocenters. The number of halogens is 3. The highest BCUT2D eigenvalue weighted by molar-refractivity contribution is 7.10. The van der Waals surface area contributed by atoms with Crippen molar-refractivity contribution in [2.45, 2.75) is 19.4 Å². The smallest absolute Gasteiger partial charge is 0.142 e. The van der Waals surface area contributed by atoms with Crippen molar-refractivity contribution in [1.82, 2.24) is 5.43 Å². The zero-order valence-corrected chi connectivity index (χ0v) is 12.5. The molecule has 0 amide bonds. The van der Waals surface area contributed by atoms with Crippen molar-refractivity contribution in [3.8, 4) is 0 Å². The molecule has 3 N–H and O–H groups in total. The fraction of sp³-hybridized carbons (Fsp3) is 0.231. The molecule has 1 atom stereocenters.